The first-order chi connectivity index (χ1) is 20.0. The highest BCUT2D eigenvalue weighted by Crippen LogP contribution is 2.63. The molecule has 202 valence electrons. The van der Waals surface area contributed by atoms with E-state index in [-0.39, 0.29) is 23.4 Å². The van der Waals surface area contributed by atoms with Crippen LogP contribution in [0.5, 0.6) is 5.75 Å². The monoisotopic (exact) mass is 543 g/mol. The number of hydrogen-bond donors (Lipinski definition) is 0. The van der Waals surface area contributed by atoms with Gasteiger partial charge in [0.15, 0.2) is 0 Å². The van der Waals surface area contributed by atoms with Gasteiger partial charge >= 0.3 is 0 Å². The number of carbonyl (C=O) groups is 2. The van der Waals surface area contributed by atoms with Gasteiger partial charge in [0.1, 0.15) is 5.75 Å². The number of non-ortho nitro benzene ring substituents is 1. The second-order valence-corrected chi connectivity index (χ2v) is 10.5. The molecule has 2 bridgehead atoms. The number of benzene rings is 4. The summed E-state index contributed by atoms with van der Waals surface area (Å²) in [5, 5.41) is 11.2. The lowest BCUT2D eigenvalue weighted by molar-refractivity contribution is -0.384. The summed E-state index contributed by atoms with van der Waals surface area (Å²) in [6, 6.07) is 29.0. The van der Waals surface area contributed by atoms with Crippen LogP contribution >= 0.6 is 0 Å². The quantitative estimate of drug-likeness (QED) is 0.130. The van der Waals surface area contributed by atoms with E-state index in [0.717, 1.165) is 22.3 Å². The maximum absolute atomic E-state index is 14.4. The maximum atomic E-state index is 14.4. The Morgan fingerprint density at radius 3 is 2.07 bits per heavy atom. The molecule has 4 aromatic carbocycles. The van der Waals surface area contributed by atoms with Gasteiger partial charge in [-0.3, -0.25) is 24.7 Å². The van der Waals surface area contributed by atoms with E-state index in [9.17, 15) is 19.7 Å². The highest BCUT2D eigenvalue weighted by Gasteiger charge is 2.67. The molecule has 4 aromatic rings. The molecule has 1 fully saturated rings. The third kappa shape index (κ3) is 3.50. The number of nitrogens with zero attached hydrogens (tertiary/aromatic N) is 3. The molecule has 0 N–H and O–H groups in total. The van der Waals surface area contributed by atoms with Gasteiger partial charge in [0.2, 0.25) is 11.8 Å². The van der Waals surface area contributed by atoms with Gasteiger partial charge < -0.3 is 4.74 Å². The van der Waals surface area contributed by atoms with Crippen LogP contribution in [0.25, 0.3) is 0 Å². The van der Waals surface area contributed by atoms with Crippen molar-refractivity contribution in [2.24, 2.45) is 16.8 Å². The molecule has 0 aromatic heterocycles. The number of rotatable bonds is 6. The van der Waals surface area contributed by atoms with E-state index in [2.05, 4.69) is 0 Å². The van der Waals surface area contributed by atoms with Crippen LogP contribution in [0, 0.1) is 22.0 Å². The van der Waals surface area contributed by atoms with E-state index < -0.39 is 22.2 Å². The number of nitro benzene ring substituents is 1. The molecule has 0 unspecified atom stereocenters. The van der Waals surface area contributed by atoms with Crippen LogP contribution in [-0.2, 0) is 15.0 Å². The zero-order valence-electron chi connectivity index (χ0n) is 22.1. The molecule has 41 heavy (non-hydrogen) atoms. The van der Waals surface area contributed by atoms with Gasteiger partial charge in [-0.25, -0.2) is 4.90 Å². The molecular formula is C33H25N3O5. The predicted molar refractivity (Wildman–Crippen MR) is 154 cm³/mol. The summed E-state index contributed by atoms with van der Waals surface area (Å²) in [5.41, 5.74) is 3.90. The van der Waals surface area contributed by atoms with Crippen LogP contribution in [0.4, 0.5) is 17.1 Å². The molecule has 8 heteroatoms. The zero-order chi connectivity index (χ0) is 28.3. The fourth-order valence-corrected chi connectivity index (χ4v) is 7.00. The molecule has 0 saturated carbocycles. The van der Waals surface area contributed by atoms with Crippen molar-refractivity contribution < 1.29 is 19.2 Å². The molecule has 8 rings (SSSR count). The number of amides is 2. The van der Waals surface area contributed by atoms with Crippen molar-refractivity contribution >= 4 is 35.1 Å². The predicted octanol–water partition coefficient (Wildman–Crippen LogP) is 5.95. The Bertz CT molecular complexity index is 1700. The lowest BCUT2D eigenvalue weighted by atomic mass is 9.47. The van der Waals surface area contributed by atoms with Crippen molar-refractivity contribution in [1.82, 2.24) is 0 Å². The molecule has 0 radical (unpaired) electrons. The minimum atomic E-state index is -1.01. The van der Waals surface area contributed by atoms with Gasteiger partial charge in [-0.05, 0) is 65.6 Å². The van der Waals surface area contributed by atoms with E-state index in [1.165, 1.54) is 17.0 Å². The third-order valence-corrected chi connectivity index (χ3v) is 8.57. The summed E-state index contributed by atoms with van der Waals surface area (Å²) in [6.45, 7) is 2.41. The van der Waals surface area contributed by atoms with E-state index in [4.69, 9.17) is 9.73 Å². The van der Waals surface area contributed by atoms with E-state index >= 15 is 0 Å². The molecule has 1 heterocycles. The van der Waals surface area contributed by atoms with Crippen molar-refractivity contribution in [3.63, 3.8) is 0 Å². The molecule has 1 saturated heterocycles. The lowest BCUT2D eigenvalue weighted by Gasteiger charge is -2.52. The van der Waals surface area contributed by atoms with Crippen LogP contribution in [-0.4, -0.2) is 29.6 Å². The lowest BCUT2D eigenvalue weighted by Crippen LogP contribution is -2.54. The van der Waals surface area contributed by atoms with Crippen molar-refractivity contribution in [1.29, 1.82) is 0 Å². The largest absolute Gasteiger partial charge is 0.494 e. The zero-order valence-corrected chi connectivity index (χ0v) is 22.1. The summed E-state index contributed by atoms with van der Waals surface area (Å²) in [7, 11) is 0. The Morgan fingerprint density at radius 1 is 0.878 bits per heavy atom. The Balaban J connectivity index is 1.42. The average Bonchev–Trinajstić information content (AvgIpc) is 3.27. The van der Waals surface area contributed by atoms with Crippen LogP contribution < -0.4 is 9.64 Å². The summed E-state index contributed by atoms with van der Waals surface area (Å²) in [6.07, 6.45) is 1.78. The molecular weight excluding hydrogens is 518 g/mol. The highest BCUT2D eigenvalue weighted by atomic mass is 16.6. The van der Waals surface area contributed by atoms with Crippen molar-refractivity contribution in [3.8, 4) is 5.75 Å². The Kier molecular flexibility index (Phi) is 5.61. The molecule has 2 amide bonds. The molecule has 3 aliphatic carbocycles. The molecule has 4 aliphatic rings. The van der Waals surface area contributed by atoms with Crippen molar-refractivity contribution in [3.05, 3.63) is 129 Å². The SMILES string of the molecule is CCOc1ccc(N2C(=O)[C@H]3C4c5ccccc5C(C=Nc5ccc([N+](=O)[O-])cc5)(c5ccccc54)[C@H]3C2=O)cc1. The highest BCUT2D eigenvalue weighted by molar-refractivity contribution is 6.25. The number of ether oxygens (including phenoxy) is 1. The number of nitro groups is 1. The Morgan fingerprint density at radius 2 is 1.49 bits per heavy atom. The Labute approximate surface area is 236 Å². The minimum Gasteiger partial charge on any atom is -0.494 e. The van der Waals surface area contributed by atoms with Gasteiger partial charge in [0, 0.05) is 24.3 Å². The van der Waals surface area contributed by atoms with E-state index in [0.29, 0.717) is 23.7 Å². The van der Waals surface area contributed by atoms with E-state index in [1.807, 2.05) is 55.5 Å². The number of anilines is 1. The fourth-order valence-electron chi connectivity index (χ4n) is 7.00. The fraction of sp³-hybridized carbons (Fsp3) is 0.182. The van der Waals surface area contributed by atoms with E-state index in [1.54, 1.807) is 42.6 Å². The topological polar surface area (TPSA) is 102 Å². The van der Waals surface area contributed by atoms with Gasteiger partial charge in [0.05, 0.1) is 40.2 Å². The molecule has 0 spiro atoms. The number of aliphatic imine (C=N–C) groups is 1. The average molecular weight is 544 g/mol. The summed E-state index contributed by atoms with van der Waals surface area (Å²) < 4.78 is 5.57. The summed E-state index contributed by atoms with van der Waals surface area (Å²) in [4.78, 5) is 45.5. The Hall–Kier alpha value is -5.11. The standard InChI is InChI=1S/C33H25N3O5/c1-2-41-23-17-15-21(16-18-23)35-31(37)29-28-24-7-3-5-9-26(24)33(30(29)32(35)38,27-10-6-4-8-25(27)28)19-34-20-11-13-22(14-12-20)36(39)40/h3-19,28-30H,2H2,1H3/t28?,29-,30+,33?/m0/s1. The van der Waals surface area contributed by atoms with Crippen molar-refractivity contribution in [2.45, 2.75) is 18.3 Å². The summed E-state index contributed by atoms with van der Waals surface area (Å²) in [5.74, 6) is -1.43. The normalized spacial score (nSPS) is 23.8. The first kappa shape index (κ1) is 24.9. The smallest absolute Gasteiger partial charge is 0.269 e. The third-order valence-electron chi connectivity index (χ3n) is 8.57. The molecule has 2 atom stereocenters. The van der Waals surface area contributed by atoms with Crippen molar-refractivity contribution in [2.75, 3.05) is 11.5 Å². The first-order valence-electron chi connectivity index (χ1n) is 13.5. The van der Waals surface area contributed by atoms with Crippen LogP contribution in [0.3, 0.4) is 0 Å². The number of hydrogen-bond acceptors (Lipinski definition) is 6. The second-order valence-electron chi connectivity index (χ2n) is 10.5. The molecule has 8 nitrogen and oxygen atoms in total. The van der Waals surface area contributed by atoms with Gasteiger partial charge in [-0.2, -0.15) is 0 Å². The van der Waals surface area contributed by atoms with Crippen LogP contribution in [0.2, 0.25) is 0 Å². The van der Waals surface area contributed by atoms with Crippen LogP contribution in [0.15, 0.2) is 102 Å². The number of carbonyl (C=O) groups excluding carboxylic acids is 2. The number of imide groups is 1. The van der Waals surface area contributed by atoms with Crippen LogP contribution in [0.1, 0.15) is 35.1 Å². The second kappa shape index (κ2) is 9.23. The molecule has 1 aliphatic heterocycles. The first-order valence-corrected chi connectivity index (χ1v) is 13.5. The summed E-state index contributed by atoms with van der Waals surface area (Å²) >= 11 is 0. The van der Waals surface area contributed by atoms with Gasteiger partial charge in [-0.1, -0.05) is 48.5 Å². The minimum absolute atomic E-state index is 0.0291. The van der Waals surface area contributed by atoms with Gasteiger partial charge in [0.25, 0.3) is 5.69 Å². The maximum Gasteiger partial charge on any atom is 0.269 e. The van der Waals surface area contributed by atoms with Gasteiger partial charge in [-0.15, -0.1) is 0 Å².